The molecule has 106 valence electrons. The van der Waals surface area contributed by atoms with Gasteiger partial charge in [0.2, 0.25) is 5.91 Å². The van der Waals surface area contributed by atoms with Gasteiger partial charge in [0.25, 0.3) is 5.56 Å². The van der Waals surface area contributed by atoms with Gasteiger partial charge in [0.05, 0.1) is 6.42 Å². The number of nitrogens with zero attached hydrogens (tertiary/aromatic N) is 2. The van der Waals surface area contributed by atoms with E-state index in [1.807, 2.05) is 0 Å². The van der Waals surface area contributed by atoms with E-state index in [2.05, 4.69) is 9.97 Å². The highest BCUT2D eigenvalue weighted by atomic mass is 19.1. The third-order valence-electron chi connectivity index (χ3n) is 3.26. The number of fused-ring (bicyclic) bond motifs is 1. The van der Waals surface area contributed by atoms with Crippen LogP contribution in [0.5, 0.6) is 0 Å². The fourth-order valence-corrected chi connectivity index (χ4v) is 2.16. The van der Waals surface area contributed by atoms with E-state index in [1.165, 1.54) is 23.0 Å². The van der Waals surface area contributed by atoms with Gasteiger partial charge in [0, 0.05) is 34.9 Å². The number of rotatable bonds is 2. The van der Waals surface area contributed by atoms with Crippen molar-refractivity contribution < 1.29 is 9.18 Å². The third-order valence-corrected chi connectivity index (χ3v) is 3.26. The maximum Gasteiger partial charge on any atom is 0.254 e. The molecule has 0 radical (unpaired) electrons. The lowest BCUT2D eigenvalue weighted by molar-refractivity contribution is 0.0914. The van der Waals surface area contributed by atoms with E-state index < -0.39 is 0 Å². The smallest absolute Gasteiger partial charge is 0.254 e. The first kappa shape index (κ1) is 13.2. The summed E-state index contributed by atoms with van der Waals surface area (Å²) in [6.07, 6.45) is 4.28. The lowest BCUT2D eigenvalue weighted by atomic mass is 10.2. The van der Waals surface area contributed by atoms with Crippen LogP contribution in [-0.4, -0.2) is 20.4 Å². The number of carbonyl (C=O) groups excluding carboxylic acids is 1. The van der Waals surface area contributed by atoms with E-state index in [1.54, 1.807) is 25.3 Å². The van der Waals surface area contributed by atoms with Gasteiger partial charge >= 0.3 is 0 Å². The molecule has 0 saturated heterocycles. The predicted molar refractivity (Wildman–Crippen MR) is 75.8 cm³/mol. The van der Waals surface area contributed by atoms with Crippen LogP contribution in [0.4, 0.5) is 4.39 Å². The van der Waals surface area contributed by atoms with Crippen LogP contribution >= 0.6 is 0 Å². The molecule has 2 aromatic heterocycles. The molecule has 5 nitrogen and oxygen atoms in total. The number of aromatic nitrogens is 3. The number of aromatic amines is 1. The van der Waals surface area contributed by atoms with Crippen LogP contribution in [0.15, 0.2) is 41.6 Å². The van der Waals surface area contributed by atoms with Gasteiger partial charge in [0.1, 0.15) is 11.6 Å². The molecule has 3 aromatic rings. The van der Waals surface area contributed by atoms with E-state index in [0.717, 1.165) is 0 Å². The molecule has 0 unspecified atom stereocenters. The first-order valence-electron chi connectivity index (χ1n) is 6.39. The fraction of sp³-hybridized carbons (Fsp3) is 0.133. The Labute approximate surface area is 119 Å². The number of halogens is 1. The number of aryl methyl sites for hydroxylation is 1. The summed E-state index contributed by atoms with van der Waals surface area (Å²) in [5.41, 5.74) is -0.0532. The summed E-state index contributed by atoms with van der Waals surface area (Å²) in [6, 6.07) is 4.65. The van der Waals surface area contributed by atoms with Gasteiger partial charge in [0.15, 0.2) is 0 Å². The van der Waals surface area contributed by atoms with Crippen molar-refractivity contribution in [2.45, 2.75) is 13.3 Å². The van der Waals surface area contributed by atoms with E-state index in [9.17, 15) is 14.0 Å². The largest absolute Gasteiger partial charge is 0.311 e. The number of benzene rings is 1. The van der Waals surface area contributed by atoms with Crippen molar-refractivity contribution in [2.75, 3.05) is 0 Å². The molecule has 0 aliphatic heterocycles. The normalized spacial score (nSPS) is 11.0. The molecule has 0 fully saturated rings. The summed E-state index contributed by atoms with van der Waals surface area (Å²) in [7, 11) is 0. The van der Waals surface area contributed by atoms with Crippen LogP contribution in [0.25, 0.3) is 10.8 Å². The number of H-pyrrole nitrogens is 1. The Bertz CT molecular complexity index is 895. The molecule has 0 bridgehead atoms. The monoisotopic (exact) mass is 285 g/mol. The Morgan fingerprint density at radius 2 is 2.19 bits per heavy atom. The second-order valence-corrected chi connectivity index (χ2v) is 4.80. The van der Waals surface area contributed by atoms with Crippen LogP contribution in [0.1, 0.15) is 16.2 Å². The topological polar surface area (TPSA) is 67.8 Å². The van der Waals surface area contributed by atoms with E-state index in [0.29, 0.717) is 16.6 Å². The van der Waals surface area contributed by atoms with Crippen LogP contribution in [0.3, 0.4) is 0 Å². The van der Waals surface area contributed by atoms with Gasteiger partial charge in [-0.05, 0) is 13.0 Å². The molecule has 0 spiro atoms. The zero-order chi connectivity index (χ0) is 15.0. The minimum atomic E-state index is -0.381. The highest BCUT2D eigenvalue weighted by molar-refractivity contribution is 5.90. The first-order chi connectivity index (χ1) is 10.0. The molecule has 6 heteroatoms. The average Bonchev–Trinajstić information content (AvgIpc) is 2.87. The molecule has 0 aliphatic carbocycles. The Morgan fingerprint density at radius 1 is 1.38 bits per heavy atom. The Kier molecular flexibility index (Phi) is 3.13. The van der Waals surface area contributed by atoms with Crippen molar-refractivity contribution in [1.29, 1.82) is 0 Å². The summed E-state index contributed by atoms with van der Waals surface area (Å²) in [5, 5.41) is 1.01. The molecule has 1 aromatic carbocycles. The summed E-state index contributed by atoms with van der Waals surface area (Å²) < 4.78 is 14.9. The maximum absolute atomic E-state index is 13.6. The molecule has 1 N–H and O–H groups in total. The molecule has 0 aliphatic rings. The summed E-state index contributed by atoms with van der Waals surface area (Å²) >= 11 is 0. The Balaban J connectivity index is 1.93. The van der Waals surface area contributed by atoms with Crippen molar-refractivity contribution in [3.63, 3.8) is 0 Å². The summed E-state index contributed by atoms with van der Waals surface area (Å²) in [4.78, 5) is 30.4. The van der Waals surface area contributed by atoms with Gasteiger partial charge in [-0.25, -0.2) is 9.37 Å². The van der Waals surface area contributed by atoms with Gasteiger partial charge in [-0.3, -0.25) is 14.2 Å². The van der Waals surface area contributed by atoms with E-state index in [-0.39, 0.29) is 29.3 Å². The average molecular weight is 285 g/mol. The van der Waals surface area contributed by atoms with Crippen LogP contribution in [0.2, 0.25) is 0 Å². The second kappa shape index (κ2) is 4.97. The SMILES string of the molecule is Cc1ncc(CC(=O)n2cc3cccc(F)c3c2)c(=O)[nH]1. The highest BCUT2D eigenvalue weighted by Gasteiger charge is 2.12. The molecule has 0 atom stereocenters. The summed E-state index contributed by atoms with van der Waals surface area (Å²) in [5.74, 6) is -0.208. The third kappa shape index (κ3) is 2.47. The maximum atomic E-state index is 13.6. The van der Waals surface area contributed by atoms with Gasteiger partial charge in [-0.2, -0.15) is 0 Å². The van der Waals surface area contributed by atoms with Crippen LogP contribution in [-0.2, 0) is 6.42 Å². The van der Waals surface area contributed by atoms with Gasteiger partial charge < -0.3 is 4.98 Å². The minimum Gasteiger partial charge on any atom is -0.311 e. The van der Waals surface area contributed by atoms with Crippen molar-refractivity contribution in [3.8, 4) is 0 Å². The first-order valence-corrected chi connectivity index (χ1v) is 6.39. The summed E-state index contributed by atoms with van der Waals surface area (Å²) in [6.45, 7) is 1.66. The lowest BCUT2D eigenvalue weighted by Gasteiger charge is -2.01. The van der Waals surface area contributed by atoms with Crippen molar-refractivity contribution in [2.24, 2.45) is 0 Å². The molecule has 2 heterocycles. The quantitative estimate of drug-likeness (QED) is 0.783. The zero-order valence-corrected chi connectivity index (χ0v) is 11.3. The number of hydrogen-bond acceptors (Lipinski definition) is 3. The molecular formula is C15H12FN3O2. The predicted octanol–water partition coefficient (Wildman–Crippen LogP) is 2.06. The Hall–Kier alpha value is -2.76. The standard InChI is InChI=1S/C15H12FN3O2/c1-9-17-6-11(15(21)18-9)5-14(20)19-7-10-3-2-4-13(16)12(10)8-19/h2-4,6-8H,5H2,1H3,(H,17,18,21). The highest BCUT2D eigenvalue weighted by Crippen LogP contribution is 2.18. The van der Waals surface area contributed by atoms with Crippen LogP contribution in [0, 0.1) is 12.7 Å². The number of hydrogen-bond donors (Lipinski definition) is 1. The zero-order valence-electron chi connectivity index (χ0n) is 11.3. The molecule has 0 amide bonds. The van der Waals surface area contributed by atoms with E-state index >= 15 is 0 Å². The second-order valence-electron chi connectivity index (χ2n) is 4.80. The number of carbonyl (C=O) groups is 1. The molecule has 3 rings (SSSR count). The minimum absolute atomic E-state index is 0.0920. The Morgan fingerprint density at radius 3 is 2.90 bits per heavy atom. The van der Waals surface area contributed by atoms with Crippen molar-refractivity contribution in [1.82, 2.24) is 14.5 Å². The number of nitrogens with one attached hydrogen (secondary N) is 1. The van der Waals surface area contributed by atoms with Gasteiger partial charge in [-0.15, -0.1) is 0 Å². The van der Waals surface area contributed by atoms with Crippen molar-refractivity contribution >= 4 is 16.7 Å². The van der Waals surface area contributed by atoms with Gasteiger partial charge in [-0.1, -0.05) is 12.1 Å². The molecular weight excluding hydrogens is 273 g/mol. The van der Waals surface area contributed by atoms with Crippen LogP contribution < -0.4 is 5.56 Å². The molecule has 0 saturated carbocycles. The lowest BCUT2D eigenvalue weighted by Crippen LogP contribution is -2.20. The fourth-order valence-electron chi connectivity index (χ4n) is 2.16. The van der Waals surface area contributed by atoms with E-state index in [4.69, 9.17) is 0 Å². The molecule has 21 heavy (non-hydrogen) atoms. The van der Waals surface area contributed by atoms with Crippen molar-refractivity contribution in [3.05, 3.63) is 64.3 Å².